The maximum absolute atomic E-state index is 12.3. The van der Waals surface area contributed by atoms with Crippen molar-refractivity contribution in [2.75, 3.05) is 0 Å². The van der Waals surface area contributed by atoms with E-state index in [1.807, 2.05) is 38.6 Å². The summed E-state index contributed by atoms with van der Waals surface area (Å²) in [6.07, 6.45) is 7.89. The molecule has 3 heterocycles. The van der Waals surface area contributed by atoms with Crippen molar-refractivity contribution in [2.24, 2.45) is 14.1 Å². The van der Waals surface area contributed by atoms with E-state index in [-0.39, 0.29) is 5.78 Å². The van der Waals surface area contributed by atoms with Crippen LogP contribution in [0.4, 0.5) is 0 Å². The van der Waals surface area contributed by atoms with Gasteiger partial charge < -0.3 is 0 Å². The minimum absolute atomic E-state index is 0.186. The number of nitrogens with zero attached hydrogens (tertiary/aromatic N) is 5. The van der Waals surface area contributed by atoms with Gasteiger partial charge in [-0.05, 0) is 25.0 Å². The highest BCUT2D eigenvalue weighted by Crippen LogP contribution is 2.31. The van der Waals surface area contributed by atoms with Gasteiger partial charge in [-0.2, -0.15) is 10.2 Å². The molecule has 0 radical (unpaired) electrons. The van der Waals surface area contributed by atoms with Gasteiger partial charge in [-0.25, -0.2) is 0 Å². The van der Waals surface area contributed by atoms with Gasteiger partial charge in [-0.15, -0.1) is 0 Å². The Morgan fingerprint density at radius 2 is 1.96 bits per heavy atom. The molecule has 0 bridgehead atoms. The number of carbonyl (C=O) groups is 1. The number of aromatic nitrogens is 5. The minimum atomic E-state index is 0.186. The Morgan fingerprint density at radius 1 is 1.09 bits per heavy atom. The third kappa shape index (κ3) is 2.27. The summed E-state index contributed by atoms with van der Waals surface area (Å²) in [5.41, 5.74) is 5.32. The lowest BCUT2D eigenvalue weighted by molar-refractivity contribution is 0.0973. The minimum Gasteiger partial charge on any atom is -0.294 e. The van der Waals surface area contributed by atoms with E-state index in [0.717, 1.165) is 46.6 Å². The van der Waals surface area contributed by atoms with E-state index < -0.39 is 0 Å². The third-order valence-electron chi connectivity index (χ3n) is 4.25. The van der Waals surface area contributed by atoms with Crippen molar-refractivity contribution in [1.29, 1.82) is 0 Å². The second kappa shape index (κ2) is 5.15. The summed E-state index contributed by atoms with van der Waals surface area (Å²) in [5.74, 6) is 0.186. The molecule has 0 atom stereocenters. The summed E-state index contributed by atoms with van der Waals surface area (Å²) < 4.78 is 3.55. The second-order valence-electron chi connectivity index (χ2n) is 5.91. The summed E-state index contributed by atoms with van der Waals surface area (Å²) in [4.78, 5) is 16.8. The van der Waals surface area contributed by atoms with Crippen LogP contribution >= 0.6 is 0 Å². The van der Waals surface area contributed by atoms with Gasteiger partial charge in [-0.1, -0.05) is 0 Å². The van der Waals surface area contributed by atoms with E-state index in [0.29, 0.717) is 6.42 Å². The van der Waals surface area contributed by atoms with Gasteiger partial charge >= 0.3 is 0 Å². The van der Waals surface area contributed by atoms with Crippen LogP contribution in [0.15, 0.2) is 30.7 Å². The highest BCUT2D eigenvalue weighted by molar-refractivity contribution is 6.03. The van der Waals surface area contributed by atoms with E-state index >= 15 is 0 Å². The highest BCUT2D eigenvalue weighted by Gasteiger charge is 2.26. The topological polar surface area (TPSA) is 65.6 Å². The lowest BCUT2D eigenvalue weighted by Crippen LogP contribution is -2.10. The number of aryl methyl sites for hydroxylation is 3. The van der Waals surface area contributed by atoms with Crippen LogP contribution in [-0.2, 0) is 20.5 Å². The zero-order chi connectivity index (χ0) is 16.0. The van der Waals surface area contributed by atoms with Crippen molar-refractivity contribution >= 4 is 5.78 Å². The second-order valence-corrected chi connectivity index (χ2v) is 5.91. The Kier molecular flexibility index (Phi) is 3.11. The van der Waals surface area contributed by atoms with E-state index in [9.17, 15) is 4.79 Å². The lowest BCUT2D eigenvalue weighted by atomic mass is 9.93. The Labute approximate surface area is 133 Å². The molecule has 1 aliphatic rings. The van der Waals surface area contributed by atoms with Crippen LogP contribution in [0.2, 0.25) is 0 Å². The van der Waals surface area contributed by atoms with Crippen molar-refractivity contribution < 1.29 is 4.79 Å². The Hall–Kier alpha value is -2.76. The maximum Gasteiger partial charge on any atom is 0.166 e. The molecular weight excluding hydrogens is 290 g/mol. The molecule has 0 saturated heterocycles. The van der Waals surface area contributed by atoms with E-state index in [1.165, 1.54) is 0 Å². The maximum atomic E-state index is 12.3. The summed E-state index contributed by atoms with van der Waals surface area (Å²) >= 11 is 0. The monoisotopic (exact) mass is 307 g/mol. The number of fused-ring (bicyclic) bond motifs is 1. The van der Waals surface area contributed by atoms with Crippen molar-refractivity contribution in [1.82, 2.24) is 24.5 Å². The quantitative estimate of drug-likeness (QED) is 0.729. The number of Topliss-reactive ketones (excluding diaryl/α,β-unsaturated/α-hetero) is 1. The number of hydrogen-bond donors (Lipinski definition) is 0. The van der Waals surface area contributed by atoms with Gasteiger partial charge in [-0.3, -0.25) is 19.1 Å². The molecule has 1 aliphatic carbocycles. The normalized spacial score (nSPS) is 14.1. The van der Waals surface area contributed by atoms with Crippen molar-refractivity contribution in [2.45, 2.75) is 19.3 Å². The first-order valence-corrected chi connectivity index (χ1v) is 7.68. The molecule has 4 rings (SSSR count). The predicted molar refractivity (Wildman–Crippen MR) is 85.9 cm³/mol. The van der Waals surface area contributed by atoms with Gasteiger partial charge in [0.2, 0.25) is 0 Å². The fourth-order valence-electron chi connectivity index (χ4n) is 3.18. The molecule has 0 spiro atoms. The predicted octanol–water partition coefficient (Wildman–Crippen LogP) is 2.40. The average Bonchev–Trinajstić information content (AvgIpc) is 3.11. The van der Waals surface area contributed by atoms with Crippen LogP contribution in [0.3, 0.4) is 0 Å². The van der Waals surface area contributed by atoms with Crippen LogP contribution < -0.4 is 0 Å². The van der Waals surface area contributed by atoms with Gasteiger partial charge in [0.1, 0.15) is 0 Å². The van der Waals surface area contributed by atoms with E-state index in [4.69, 9.17) is 0 Å². The number of pyridine rings is 1. The summed E-state index contributed by atoms with van der Waals surface area (Å²) in [6.45, 7) is 0. The Bertz CT molecular complexity index is 888. The molecule has 0 aliphatic heterocycles. The van der Waals surface area contributed by atoms with Gasteiger partial charge in [0.25, 0.3) is 0 Å². The smallest absolute Gasteiger partial charge is 0.166 e. The van der Waals surface area contributed by atoms with Crippen LogP contribution in [0, 0.1) is 0 Å². The molecule has 6 heteroatoms. The third-order valence-corrected chi connectivity index (χ3v) is 4.25. The Morgan fingerprint density at radius 3 is 2.65 bits per heavy atom. The SMILES string of the molecule is Cn1cc(-c2ccc(-c3c4c(nn3C)CCCC4=O)cn2)cn1. The zero-order valence-electron chi connectivity index (χ0n) is 13.2. The fraction of sp³-hybridized carbons (Fsp3) is 0.294. The van der Waals surface area contributed by atoms with Crippen LogP contribution in [0.5, 0.6) is 0 Å². The molecule has 3 aromatic rings. The summed E-state index contributed by atoms with van der Waals surface area (Å²) in [5, 5.41) is 8.68. The zero-order valence-corrected chi connectivity index (χ0v) is 13.2. The van der Waals surface area contributed by atoms with E-state index in [1.54, 1.807) is 15.6 Å². The molecule has 0 amide bonds. The van der Waals surface area contributed by atoms with Crippen LogP contribution in [0.1, 0.15) is 28.9 Å². The molecule has 0 saturated carbocycles. The van der Waals surface area contributed by atoms with Crippen LogP contribution in [-0.4, -0.2) is 30.3 Å². The van der Waals surface area contributed by atoms with E-state index in [2.05, 4.69) is 15.2 Å². The number of rotatable bonds is 2. The average molecular weight is 307 g/mol. The molecule has 116 valence electrons. The first-order chi connectivity index (χ1) is 11.1. The van der Waals surface area contributed by atoms with Gasteiger partial charge in [0.05, 0.1) is 28.8 Å². The standard InChI is InChI=1S/C17H17N5O/c1-21-10-12(9-19-21)13-7-6-11(8-18-13)17-16-14(20-22(17)2)4-3-5-15(16)23/h6-10H,3-5H2,1-2H3. The number of hydrogen-bond acceptors (Lipinski definition) is 4. The molecule has 0 aromatic carbocycles. The van der Waals surface area contributed by atoms with Crippen molar-refractivity contribution in [3.63, 3.8) is 0 Å². The molecule has 0 N–H and O–H groups in total. The molecule has 6 nitrogen and oxygen atoms in total. The molecule has 0 fully saturated rings. The molecular formula is C17H17N5O. The molecule has 0 unspecified atom stereocenters. The van der Waals surface area contributed by atoms with Gasteiger partial charge in [0.15, 0.2) is 5.78 Å². The summed E-state index contributed by atoms with van der Waals surface area (Å²) in [6, 6.07) is 3.95. The number of ketones is 1. The van der Waals surface area contributed by atoms with Crippen LogP contribution in [0.25, 0.3) is 22.5 Å². The first-order valence-electron chi connectivity index (χ1n) is 7.68. The van der Waals surface area contributed by atoms with Gasteiger partial charge in [0, 0.05) is 44.0 Å². The molecule has 23 heavy (non-hydrogen) atoms. The highest BCUT2D eigenvalue weighted by atomic mass is 16.1. The Balaban J connectivity index is 1.77. The van der Waals surface area contributed by atoms with Crippen molar-refractivity contribution in [3.8, 4) is 22.5 Å². The number of carbonyl (C=O) groups excluding carboxylic acids is 1. The summed E-state index contributed by atoms with van der Waals surface area (Å²) in [7, 11) is 3.77. The molecule has 3 aromatic heterocycles. The van der Waals surface area contributed by atoms with Crippen molar-refractivity contribution in [3.05, 3.63) is 42.0 Å². The lowest BCUT2D eigenvalue weighted by Gasteiger charge is -2.10. The first kappa shape index (κ1) is 13.9. The fourth-order valence-corrected chi connectivity index (χ4v) is 3.18. The largest absolute Gasteiger partial charge is 0.294 e.